The number of carbonyl (C=O) groups is 1. The van der Waals surface area contributed by atoms with Crippen LogP contribution in [0.25, 0.3) is 0 Å². The van der Waals surface area contributed by atoms with Gasteiger partial charge in [-0.1, -0.05) is 6.92 Å². The summed E-state index contributed by atoms with van der Waals surface area (Å²) >= 11 is 0. The third-order valence-corrected chi connectivity index (χ3v) is 3.08. The van der Waals surface area contributed by atoms with Gasteiger partial charge in [0, 0.05) is 10.7 Å². The highest BCUT2D eigenvalue weighted by Crippen LogP contribution is 2.25. The summed E-state index contributed by atoms with van der Waals surface area (Å²) in [5.41, 5.74) is 0. The third-order valence-electron chi connectivity index (χ3n) is 2.44. The molecule has 0 unspecified atom stereocenters. The van der Waals surface area contributed by atoms with Crippen molar-refractivity contribution in [1.82, 2.24) is 4.72 Å². The standard InChI is InChI=1S/C8H14ClNO4S/c1-6-2-4-7(5-3-6)14-8(11)10-15(9,12)13/h6-7H,2-5H2,1H3,(H,10,11). The molecule has 0 spiro atoms. The fourth-order valence-electron chi connectivity index (χ4n) is 1.62. The van der Waals surface area contributed by atoms with E-state index in [1.165, 1.54) is 0 Å². The lowest BCUT2D eigenvalue weighted by atomic mass is 9.89. The van der Waals surface area contributed by atoms with Crippen molar-refractivity contribution in [2.45, 2.75) is 38.7 Å². The SMILES string of the molecule is CC1CCC(OC(=O)NS(=O)(=O)Cl)CC1. The van der Waals surface area contributed by atoms with Crippen molar-refractivity contribution in [2.75, 3.05) is 0 Å². The van der Waals surface area contributed by atoms with Gasteiger partial charge in [-0.05, 0) is 31.6 Å². The summed E-state index contributed by atoms with van der Waals surface area (Å²) in [6.07, 6.45) is 2.34. The van der Waals surface area contributed by atoms with E-state index in [4.69, 9.17) is 15.4 Å². The fraction of sp³-hybridized carbons (Fsp3) is 0.875. The van der Waals surface area contributed by atoms with Crippen LogP contribution in [0.15, 0.2) is 0 Å². The first-order chi connectivity index (χ1) is 6.87. The van der Waals surface area contributed by atoms with Gasteiger partial charge in [-0.15, -0.1) is 0 Å². The zero-order valence-corrected chi connectivity index (χ0v) is 9.97. The molecule has 1 saturated carbocycles. The van der Waals surface area contributed by atoms with Crippen molar-refractivity contribution < 1.29 is 17.9 Å². The van der Waals surface area contributed by atoms with Crippen molar-refractivity contribution in [2.24, 2.45) is 5.92 Å². The Balaban J connectivity index is 2.33. The first-order valence-electron chi connectivity index (χ1n) is 4.80. The molecule has 15 heavy (non-hydrogen) atoms. The van der Waals surface area contributed by atoms with Gasteiger partial charge in [-0.3, -0.25) is 0 Å². The molecule has 0 atom stereocenters. The van der Waals surface area contributed by atoms with Gasteiger partial charge in [-0.25, -0.2) is 9.52 Å². The molecule has 7 heteroatoms. The second kappa shape index (κ2) is 5.03. The van der Waals surface area contributed by atoms with Crippen molar-refractivity contribution in [1.29, 1.82) is 0 Å². The summed E-state index contributed by atoms with van der Waals surface area (Å²) in [5.74, 6) is 0.643. The van der Waals surface area contributed by atoms with Crippen LogP contribution in [0, 0.1) is 5.92 Å². The lowest BCUT2D eigenvalue weighted by Crippen LogP contribution is -2.32. The van der Waals surface area contributed by atoms with E-state index in [0.29, 0.717) is 5.92 Å². The number of carbonyl (C=O) groups excluding carboxylic acids is 1. The zero-order chi connectivity index (χ0) is 11.5. The Morgan fingerprint density at radius 1 is 1.33 bits per heavy atom. The highest BCUT2D eigenvalue weighted by atomic mass is 35.7. The number of nitrogens with one attached hydrogen (secondary N) is 1. The largest absolute Gasteiger partial charge is 0.446 e. The van der Waals surface area contributed by atoms with Crippen LogP contribution in [0.4, 0.5) is 4.79 Å². The van der Waals surface area contributed by atoms with E-state index in [1.54, 1.807) is 4.72 Å². The van der Waals surface area contributed by atoms with Crippen molar-refractivity contribution >= 4 is 26.0 Å². The molecule has 1 amide bonds. The molecule has 1 aliphatic rings. The normalized spacial score (nSPS) is 27.1. The molecular formula is C8H14ClNO4S. The molecule has 0 aromatic rings. The maximum Gasteiger partial charge on any atom is 0.422 e. The molecule has 1 rings (SSSR count). The molecular weight excluding hydrogens is 242 g/mol. The molecule has 0 radical (unpaired) electrons. The Kier molecular flexibility index (Phi) is 4.21. The van der Waals surface area contributed by atoms with E-state index in [1.807, 2.05) is 0 Å². The van der Waals surface area contributed by atoms with E-state index >= 15 is 0 Å². The maximum absolute atomic E-state index is 11.0. The summed E-state index contributed by atoms with van der Waals surface area (Å²) in [7, 11) is 0.792. The van der Waals surface area contributed by atoms with Crippen LogP contribution in [0.5, 0.6) is 0 Å². The van der Waals surface area contributed by atoms with Crippen LogP contribution in [0.2, 0.25) is 0 Å². The average Bonchev–Trinajstić information content (AvgIpc) is 2.05. The first kappa shape index (κ1) is 12.6. The van der Waals surface area contributed by atoms with Gasteiger partial charge < -0.3 is 4.74 Å². The van der Waals surface area contributed by atoms with Gasteiger partial charge in [0.15, 0.2) is 0 Å². The number of rotatable bonds is 2. The predicted molar refractivity (Wildman–Crippen MR) is 55.8 cm³/mol. The van der Waals surface area contributed by atoms with E-state index in [2.05, 4.69) is 6.92 Å². The summed E-state index contributed by atoms with van der Waals surface area (Å²) in [4.78, 5) is 11.0. The van der Waals surface area contributed by atoms with Crippen LogP contribution in [-0.4, -0.2) is 20.6 Å². The second-order valence-corrected chi connectivity index (χ2v) is 6.13. The molecule has 0 bridgehead atoms. The van der Waals surface area contributed by atoms with Crippen LogP contribution in [0.1, 0.15) is 32.6 Å². The molecule has 0 aromatic heterocycles. The fourth-order valence-corrected chi connectivity index (χ4v) is 2.06. The number of amides is 1. The Morgan fingerprint density at radius 3 is 2.33 bits per heavy atom. The van der Waals surface area contributed by atoms with Gasteiger partial charge in [0.2, 0.25) is 0 Å². The average molecular weight is 256 g/mol. The summed E-state index contributed by atoms with van der Waals surface area (Å²) in [5, 5.41) is 0. The van der Waals surface area contributed by atoms with Gasteiger partial charge in [0.1, 0.15) is 6.10 Å². The number of hydrogen-bond donors (Lipinski definition) is 1. The van der Waals surface area contributed by atoms with Crippen LogP contribution in [-0.2, 0) is 14.0 Å². The summed E-state index contributed by atoms with van der Waals surface area (Å²) in [6.45, 7) is 2.14. The molecule has 1 fully saturated rings. The van der Waals surface area contributed by atoms with Crippen molar-refractivity contribution in [3.05, 3.63) is 0 Å². The van der Waals surface area contributed by atoms with E-state index in [9.17, 15) is 13.2 Å². The van der Waals surface area contributed by atoms with Crippen LogP contribution in [0.3, 0.4) is 0 Å². The molecule has 5 nitrogen and oxygen atoms in total. The maximum atomic E-state index is 11.0. The van der Waals surface area contributed by atoms with Crippen LogP contribution < -0.4 is 4.72 Å². The Morgan fingerprint density at radius 2 is 1.87 bits per heavy atom. The third kappa shape index (κ3) is 5.22. The minimum atomic E-state index is -4.04. The van der Waals surface area contributed by atoms with E-state index in [0.717, 1.165) is 25.7 Å². The summed E-state index contributed by atoms with van der Waals surface area (Å²) in [6, 6.07) is 0. The number of hydrogen-bond acceptors (Lipinski definition) is 4. The van der Waals surface area contributed by atoms with Crippen molar-refractivity contribution in [3.8, 4) is 0 Å². The Labute approximate surface area is 93.7 Å². The van der Waals surface area contributed by atoms with Gasteiger partial charge in [-0.2, -0.15) is 8.42 Å². The van der Waals surface area contributed by atoms with Crippen LogP contribution >= 0.6 is 10.7 Å². The second-order valence-electron chi connectivity index (χ2n) is 3.83. The monoisotopic (exact) mass is 255 g/mol. The van der Waals surface area contributed by atoms with Crippen molar-refractivity contribution in [3.63, 3.8) is 0 Å². The van der Waals surface area contributed by atoms with Gasteiger partial charge in [0.05, 0.1) is 0 Å². The Hall–Kier alpha value is -0.490. The quantitative estimate of drug-likeness (QED) is 0.764. The molecule has 0 aliphatic heterocycles. The van der Waals surface area contributed by atoms with E-state index in [-0.39, 0.29) is 6.10 Å². The molecule has 0 heterocycles. The Bertz CT molecular complexity index is 322. The lowest BCUT2D eigenvalue weighted by Gasteiger charge is -2.25. The minimum Gasteiger partial charge on any atom is -0.446 e. The molecule has 1 aliphatic carbocycles. The smallest absolute Gasteiger partial charge is 0.422 e. The zero-order valence-electron chi connectivity index (χ0n) is 8.40. The molecule has 0 saturated heterocycles. The number of halogens is 1. The molecule has 88 valence electrons. The molecule has 0 aromatic carbocycles. The highest BCUT2D eigenvalue weighted by molar-refractivity contribution is 8.12. The number of ether oxygens (including phenoxy) is 1. The van der Waals surface area contributed by atoms with Gasteiger partial charge >= 0.3 is 15.3 Å². The van der Waals surface area contributed by atoms with Gasteiger partial charge in [0.25, 0.3) is 0 Å². The predicted octanol–water partition coefficient (Wildman–Crippen LogP) is 1.77. The first-order valence-corrected chi connectivity index (χ1v) is 7.11. The van der Waals surface area contributed by atoms with E-state index < -0.39 is 15.3 Å². The minimum absolute atomic E-state index is 0.195. The summed E-state index contributed by atoms with van der Waals surface area (Å²) < 4.78 is 27.4. The highest BCUT2D eigenvalue weighted by Gasteiger charge is 2.22. The molecule has 1 N–H and O–H groups in total. The topological polar surface area (TPSA) is 72.5 Å². The lowest BCUT2D eigenvalue weighted by molar-refractivity contribution is 0.0705.